The van der Waals surface area contributed by atoms with Gasteiger partial charge in [-0.05, 0) is 42.0 Å². The zero-order chi connectivity index (χ0) is 21.5. The molecule has 0 fully saturated rings. The Hall–Kier alpha value is -2.83. The second-order valence-corrected chi connectivity index (χ2v) is 7.51. The molecule has 0 spiro atoms. The number of fused-ring (bicyclic) bond motifs is 1. The molecule has 0 saturated heterocycles. The maximum absolute atomic E-state index is 13.2. The van der Waals surface area contributed by atoms with Crippen LogP contribution >= 0.6 is 23.2 Å². The number of nitrogens with zero attached hydrogens (tertiary/aromatic N) is 2. The van der Waals surface area contributed by atoms with Gasteiger partial charge in [-0.1, -0.05) is 53.5 Å². The summed E-state index contributed by atoms with van der Waals surface area (Å²) in [7, 11) is 0. The number of alkyl halides is 3. The third-order valence-corrected chi connectivity index (χ3v) is 5.25. The predicted octanol–water partition coefficient (Wildman–Crippen LogP) is 6.44. The first-order valence-electron chi connectivity index (χ1n) is 8.85. The van der Waals surface area contributed by atoms with Crippen molar-refractivity contribution in [3.8, 4) is 11.3 Å². The van der Waals surface area contributed by atoms with Gasteiger partial charge in [0.15, 0.2) is 0 Å². The van der Waals surface area contributed by atoms with E-state index in [2.05, 4.69) is 5.10 Å². The van der Waals surface area contributed by atoms with E-state index >= 15 is 0 Å². The van der Waals surface area contributed by atoms with E-state index in [1.54, 1.807) is 47.1 Å². The Bertz CT molecular complexity index is 1320. The quantitative estimate of drug-likeness (QED) is 0.361. The topological polar surface area (TPSA) is 34.9 Å². The molecule has 0 radical (unpaired) electrons. The van der Waals surface area contributed by atoms with Gasteiger partial charge in [0.05, 0.1) is 17.6 Å². The first kappa shape index (κ1) is 20.4. The molecule has 0 amide bonds. The van der Waals surface area contributed by atoms with Crippen LogP contribution in [-0.2, 0) is 12.7 Å². The highest BCUT2D eigenvalue weighted by Crippen LogP contribution is 2.31. The number of aromatic nitrogens is 2. The number of halogens is 5. The molecule has 0 N–H and O–H groups in total. The van der Waals surface area contributed by atoms with Crippen LogP contribution < -0.4 is 5.43 Å². The summed E-state index contributed by atoms with van der Waals surface area (Å²) in [6, 6.07) is 16.4. The molecule has 4 rings (SSSR count). The van der Waals surface area contributed by atoms with Gasteiger partial charge in [0.1, 0.15) is 5.69 Å². The van der Waals surface area contributed by atoms with E-state index in [1.165, 1.54) is 12.1 Å². The zero-order valence-corrected chi connectivity index (χ0v) is 16.8. The molecule has 0 aliphatic carbocycles. The van der Waals surface area contributed by atoms with Gasteiger partial charge >= 0.3 is 6.18 Å². The smallest absolute Gasteiger partial charge is 0.287 e. The Labute approximate surface area is 179 Å². The molecule has 0 aliphatic heterocycles. The molecule has 3 aromatic carbocycles. The third kappa shape index (κ3) is 3.93. The molecule has 30 heavy (non-hydrogen) atoms. The van der Waals surface area contributed by atoms with Crippen LogP contribution in [0.3, 0.4) is 0 Å². The van der Waals surface area contributed by atoms with E-state index in [4.69, 9.17) is 23.2 Å². The maximum Gasteiger partial charge on any atom is 0.416 e. The number of para-hydroxylation sites is 1. The maximum atomic E-state index is 13.2. The van der Waals surface area contributed by atoms with E-state index in [9.17, 15) is 18.0 Å². The molecule has 1 heterocycles. The van der Waals surface area contributed by atoms with Crippen molar-refractivity contribution in [2.24, 2.45) is 0 Å². The van der Waals surface area contributed by atoms with Crippen LogP contribution in [0.15, 0.2) is 71.5 Å². The van der Waals surface area contributed by atoms with Gasteiger partial charge in [0.2, 0.25) is 5.43 Å². The largest absolute Gasteiger partial charge is 0.416 e. The van der Waals surface area contributed by atoms with Crippen molar-refractivity contribution in [2.45, 2.75) is 12.7 Å². The third-order valence-electron chi connectivity index (χ3n) is 4.66. The number of hydrogen-bond acceptors (Lipinski definition) is 2. The van der Waals surface area contributed by atoms with E-state index in [-0.39, 0.29) is 17.8 Å². The summed E-state index contributed by atoms with van der Waals surface area (Å²) in [5, 5.41) is 5.65. The molecule has 0 saturated carbocycles. The first-order chi connectivity index (χ1) is 14.2. The highest BCUT2D eigenvalue weighted by atomic mass is 35.5. The summed E-state index contributed by atoms with van der Waals surface area (Å²) >= 11 is 12.2. The minimum atomic E-state index is -4.53. The minimum absolute atomic E-state index is 0.0649. The van der Waals surface area contributed by atoms with Crippen molar-refractivity contribution in [1.29, 1.82) is 0 Å². The summed E-state index contributed by atoms with van der Waals surface area (Å²) in [6.07, 6.45) is -4.53. The molecular formula is C22H13Cl2F3N2O. The highest BCUT2D eigenvalue weighted by molar-refractivity contribution is 6.35. The summed E-state index contributed by atoms with van der Waals surface area (Å²) in [6.45, 7) is 0.211. The molecule has 0 unspecified atom stereocenters. The highest BCUT2D eigenvalue weighted by Gasteiger charge is 2.30. The Morgan fingerprint density at radius 2 is 1.70 bits per heavy atom. The second-order valence-electron chi connectivity index (χ2n) is 6.67. The normalized spacial score (nSPS) is 11.8. The average molecular weight is 449 g/mol. The standard InChI is InChI=1S/C22H13Cl2F3N2O/c23-16-9-8-14(18(24)11-16)12-29-19-7-2-1-6-17(19)21(30)20(28-29)13-4-3-5-15(10-13)22(25,26)27/h1-11H,12H2. The number of benzene rings is 3. The lowest BCUT2D eigenvalue weighted by Gasteiger charge is -2.14. The van der Waals surface area contributed by atoms with Crippen LogP contribution in [0.25, 0.3) is 22.2 Å². The summed E-state index contributed by atoms with van der Waals surface area (Å²) in [5.74, 6) is 0. The van der Waals surface area contributed by atoms with Gasteiger partial charge in [-0.2, -0.15) is 18.3 Å². The molecule has 0 aliphatic rings. The van der Waals surface area contributed by atoms with Crippen LogP contribution in [-0.4, -0.2) is 9.78 Å². The van der Waals surface area contributed by atoms with Crippen LogP contribution in [0, 0.1) is 0 Å². The lowest BCUT2D eigenvalue weighted by Crippen LogP contribution is -2.17. The van der Waals surface area contributed by atoms with Gasteiger partial charge < -0.3 is 0 Å². The van der Waals surface area contributed by atoms with Crippen molar-refractivity contribution in [2.75, 3.05) is 0 Å². The Morgan fingerprint density at radius 1 is 0.933 bits per heavy atom. The fourth-order valence-corrected chi connectivity index (χ4v) is 3.67. The van der Waals surface area contributed by atoms with Crippen molar-refractivity contribution >= 4 is 34.1 Å². The van der Waals surface area contributed by atoms with Gasteiger partial charge in [0.25, 0.3) is 0 Å². The lowest BCUT2D eigenvalue weighted by atomic mass is 10.1. The van der Waals surface area contributed by atoms with Crippen LogP contribution in [0.2, 0.25) is 10.0 Å². The second kappa shape index (κ2) is 7.78. The average Bonchev–Trinajstić information content (AvgIpc) is 2.71. The molecular weight excluding hydrogens is 436 g/mol. The van der Waals surface area contributed by atoms with Crippen LogP contribution in [0.4, 0.5) is 13.2 Å². The van der Waals surface area contributed by atoms with Crippen LogP contribution in [0.1, 0.15) is 11.1 Å². The first-order valence-corrected chi connectivity index (χ1v) is 9.61. The van der Waals surface area contributed by atoms with E-state index < -0.39 is 17.2 Å². The molecule has 0 bridgehead atoms. The van der Waals surface area contributed by atoms with Gasteiger partial charge in [-0.25, -0.2) is 0 Å². The van der Waals surface area contributed by atoms with Gasteiger partial charge in [-0.15, -0.1) is 0 Å². The minimum Gasteiger partial charge on any atom is -0.287 e. The lowest BCUT2D eigenvalue weighted by molar-refractivity contribution is -0.137. The van der Waals surface area contributed by atoms with Crippen molar-refractivity contribution < 1.29 is 13.2 Å². The van der Waals surface area contributed by atoms with E-state index in [0.29, 0.717) is 26.5 Å². The predicted molar refractivity (Wildman–Crippen MR) is 112 cm³/mol. The van der Waals surface area contributed by atoms with Crippen molar-refractivity contribution in [3.05, 3.63) is 98.1 Å². The van der Waals surface area contributed by atoms with E-state index in [0.717, 1.165) is 12.1 Å². The Kier molecular flexibility index (Phi) is 5.30. The summed E-state index contributed by atoms with van der Waals surface area (Å²) < 4.78 is 41.0. The SMILES string of the molecule is O=c1c(-c2cccc(C(F)(F)F)c2)nn(Cc2ccc(Cl)cc2Cl)c2ccccc12. The Balaban J connectivity index is 1.92. The summed E-state index contributed by atoms with van der Waals surface area (Å²) in [4.78, 5) is 13.0. The number of hydrogen-bond donors (Lipinski definition) is 0. The fraction of sp³-hybridized carbons (Fsp3) is 0.0909. The number of rotatable bonds is 3. The van der Waals surface area contributed by atoms with Crippen molar-refractivity contribution in [1.82, 2.24) is 9.78 Å². The molecule has 3 nitrogen and oxygen atoms in total. The van der Waals surface area contributed by atoms with Gasteiger partial charge in [-0.3, -0.25) is 9.48 Å². The molecule has 4 aromatic rings. The van der Waals surface area contributed by atoms with Crippen molar-refractivity contribution in [3.63, 3.8) is 0 Å². The van der Waals surface area contributed by atoms with Crippen LogP contribution in [0.5, 0.6) is 0 Å². The Morgan fingerprint density at radius 3 is 2.43 bits per heavy atom. The molecule has 8 heteroatoms. The fourth-order valence-electron chi connectivity index (χ4n) is 3.20. The monoisotopic (exact) mass is 448 g/mol. The zero-order valence-electron chi connectivity index (χ0n) is 15.3. The van der Waals surface area contributed by atoms with Gasteiger partial charge in [0, 0.05) is 21.0 Å². The molecule has 152 valence electrons. The molecule has 0 atom stereocenters. The molecule has 1 aromatic heterocycles. The summed E-state index contributed by atoms with van der Waals surface area (Å²) in [5.41, 5.74) is -0.00643. The van der Waals surface area contributed by atoms with E-state index in [1.807, 2.05) is 0 Å².